The highest BCUT2D eigenvalue weighted by molar-refractivity contribution is 5.67. The Hall–Kier alpha value is -0.770. The molecular weight excluding hydrogens is 252 g/mol. The Labute approximate surface area is 122 Å². The zero-order chi connectivity index (χ0) is 14.4. The van der Waals surface area contributed by atoms with E-state index in [2.05, 4.69) is 10.6 Å². The molecule has 0 aliphatic heterocycles. The highest BCUT2D eigenvalue weighted by atomic mass is 16.6. The molecule has 4 bridgehead atoms. The van der Waals surface area contributed by atoms with Gasteiger partial charge in [-0.25, -0.2) is 4.79 Å². The van der Waals surface area contributed by atoms with E-state index in [1.54, 1.807) is 0 Å². The van der Waals surface area contributed by atoms with E-state index in [1.165, 1.54) is 32.1 Å². The highest BCUT2D eigenvalue weighted by Crippen LogP contribution is 2.59. The molecule has 4 nitrogen and oxygen atoms in total. The van der Waals surface area contributed by atoms with E-state index in [9.17, 15) is 4.79 Å². The Morgan fingerprint density at radius 2 is 1.80 bits per heavy atom. The van der Waals surface area contributed by atoms with E-state index in [0.717, 1.165) is 24.3 Å². The molecule has 4 heteroatoms. The van der Waals surface area contributed by atoms with Gasteiger partial charge in [0, 0.05) is 18.6 Å². The van der Waals surface area contributed by atoms with Crippen molar-refractivity contribution in [1.29, 1.82) is 0 Å². The fourth-order valence-electron chi connectivity index (χ4n) is 4.83. The molecule has 4 aliphatic carbocycles. The zero-order valence-electron chi connectivity index (χ0n) is 13.0. The van der Waals surface area contributed by atoms with Crippen molar-refractivity contribution in [1.82, 2.24) is 10.6 Å². The van der Waals surface area contributed by atoms with E-state index in [0.29, 0.717) is 12.1 Å². The molecule has 4 saturated carbocycles. The average molecular weight is 280 g/mol. The lowest BCUT2D eigenvalue weighted by molar-refractivity contribution is 0.0525. The van der Waals surface area contributed by atoms with Crippen LogP contribution in [0.4, 0.5) is 4.79 Å². The first-order valence-electron chi connectivity index (χ1n) is 8.07. The second kappa shape index (κ2) is 4.90. The Morgan fingerprint density at radius 1 is 1.15 bits per heavy atom. The monoisotopic (exact) mass is 280 g/mol. The van der Waals surface area contributed by atoms with E-state index in [4.69, 9.17) is 4.74 Å². The van der Waals surface area contributed by atoms with Gasteiger partial charge in [0.2, 0.25) is 0 Å². The predicted octanol–water partition coefficient (Wildman–Crippen LogP) is 2.68. The van der Waals surface area contributed by atoms with E-state index >= 15 is 0 Å². The second-order valence-corrected chi connectivity index (χ2v) is 8.11. The van der Waals surface area contributed by atoms with Gasteiger partial charge in [-0.3, -0.25) is 0 Å². The molecule has 0 heterocycles. The molecular formula is C16H28N2O2. The van der Waals surface area contributed by atoms with E-state index < -0.39 is 5.60 Å². The molecule has 2 atom stereocenters. The first-order chi connectivity index (χ1) is 9.35. The summed E-state index contributed by atoms with van der Waals surface area (Å²) in [7, 11) is 0. The first-order valence-corrected chi connectivity index (χ1v) is 8.07. The highest BCUT2D eigenvalue weighted by Gasteiger charge is 2.55. The minimum atomic E-state index is -0.417. The van der Waals surface area contributed by atoms with Crippen LogP contribution in [0.15, 0.2) is 0 Å². The molecule has 114 valence electrons. The molecule has 1 amide bonds. The van der Waals surface area contributed by atoms with Gasteiger partial charge in [0.25, 0.3) is 0 Å². The maximum atomic E-state index is 11.6. The largest absolute Gasteiger partial charge is 0.444 e. The van der Waals surface area contributed by atoms with Crippen LogP contribution in [0, 0.1) is 17.8 Å². The normalized spacial score (nSPS) is 38.2. The Bertz CT molecular complexity index is 369. The van der Waals surface area contributed by atoms with Crippen molar-refractivity contribution in [3.63, 3.8) is 0 Å². The summed E-state index contributed by atoms with van der Waals surface area (Å²) in [6, 6.07) is 0. The third-order valence-electron chi connectivity index (χ3n) is 5.22. The van der Waals surface area contributed by atoms with Crippen LogP contribution >= 0.6 is 0 Å². The summed E-state index contributed by atoms with van der Waals surface area (Å²) in [5, 5.41) is 6.57. The lowest BCUT2D eigenvalue weighted by Gasteiger charge is -2.39. The van der Waals surface area contributed by atoms with Crippen LogP contribution in [-0.4, -0.2) is 30.3 Å². The molecule has 4 rings (SSSR count). The molecule has 4 fully saturated rings. The number of ether oxygens (including phenoxy) is 1. The molecule has 0 spiro atoms. The van der Waals surface area contributed by atoms with Crippen LogP contribution in [-0.2, 0) is 4.74 Å². The van der Waals surface area contributed by atoms with Gasteiger partial charge in [0.15, 0.2) is 0 Å². The van der Waals surface area contributed by atoms with Gasteiger partial charge in [0.1, 0.15) is 5.60 Å². The van der Waals surface area contributed by atoms with Gasteiger partial charge >= 0.3 is 6.09 Å². The summed E-state index contributed by atoms with van der Waals surface area (Å²) >= 11 is 0. The first kappa shape index (κ1) is 14.2. The lowest BCUT2D eigenvalue weighted by atomic mass is 9.76. The topological polar surface area (TPSA) is 50.4 Å². The van der Waals surface area contributed by atoms with Gasteiger partial charge in [-0.1, -0.05) is 0 Å². The molecule has 2 N–H and O–H groups in total. The summed E-state index contributed by atoms with van der Waals surface area (Å²) in [5.41, 5.74) is -0.0222. The minimum absolute atomic E-state index is 0.312. The summed E-state index contributed by atoms with van der Waals surface area (Å²) < 4.78 is 5.24. The number of amides is 1. The Morgan fingerprint density at radius 3 is 2.35 bits per heavy atom. The molecule has 0 saturated heterocycles. The molecule has 2 unspecified atom stereocenters. The van der Waals surface area contributed by atoms with Gasteiger partial charge in [-0.05, 0) is 70.6 Å². The number of rotatable bonds is 4. The third-order valence-corrected chi connectivity index (χ3v) is 5.22. The maximum Gasteiger partial charge on any atom is 0.407 e. The van der Waals surface area contributed by atoms with Crippen molar-refractivity contribution in [2.45, 2.75) is 64.0 Å². The molecule has 4 aliphatic rings. The smallest absolute Gasteiger partial charge is 0.407 e. The third kappa shape index (κ3) is 2.95. The van der Waals surface area contributed by atoms with E-state index in [1.807, 2.05) is 20.8 Å². The van der Waals surface area contributed by atoms with Crippen molar-refractivity contribution in [3.8, 4) is 0 Å². The van der Waals surface area contributed by atoms with Crippen LogP contribution in [0.25, 0.3) is 0 Å². The summed E-state index contributed by atoms with van der Waals surface area (Å²) in [4.78, 5) is 11.6. The molecule has 0 radical (unpaired) electrons. The Kier molecular flexibility index (Phi) is 3.47. The SMILES string of the molecule is CC(C)(C)OC(=O)NCCNC12CC3CC(C1)C(C3)C2. The average Bonchev–Trinajstić information content (AvgIpc) is 2.71. The molecule has 20 heavy (non-hydrogen) atoms. The second-order valence-electron chi connectivity index (χ2n) is 8.11. The predicted molar refractivity (Wildman–Crippen MR) is 78.5 cm³/mol. The number of carbonyl (C=O) groups is 1. The molecule has 0 aromatic heterocycles. The molecule has 0 aromatic carbocycles. The summed E-state index contributed by atoms with van der Waals surface area (Å²) in [6.07, 6.45) is 6.72. The van der Waals surface area contributed by atoms with Crippen LogP contribution < -0.4 is 10.6 Å². The number of carbonyl (C=O) groups excluding carboxylic acids is 1. The number of nitrogens with one attached hydrogen (secondary N) is 2. The van der Waals surface area contributed by atoms with Crippen molar-refractivity contribution in [2.24, 2.45) is 17.8 Å². The van der Waals surface area contributed by atoms with Crippen molar-refractivity contribution in [3.05, 3.63) is 0 Å². The van der Waals surface area contributed by atoms with Crippen LogP contribution in [0.3, 0.4) is 0 Å². The van der Waals surface area contributed by atoms with Gasteiger partial charge in [-0.15, -0.1) is 0 Å². The fourth-order valence-corrected chi connectivity index (χ4v) is 4.83. The van der Waals surface area contributed by atoms with Gasteiger partial charge < -0.3 is 15.4 Å². The lowest BCUT2D eigenvalue weighted by Crippen LogP contribution is -2.50. The standard InChI is InChI=1S/C16H28N2O2/c1-15(2,3)20-14(19)17-4-5-18-16-8-11-6-12(9-16)13(7-11)10-16/h11-13,18H,4-10H2,1-3H3,(H,17,19). The fraction of sp³-hybridized carbons (Fsp3) is 0.938. The quantitative estimate of drug-likeness (QED) is 0.778. The van der Waals surface area contributed by atoms with Crippen LogP contribution in [0.5, 0.6) is 0 Å². The van der Waals surface area contributed by atoms with Gasteiger partial charge in [-0.2, -0.15) is 0 Å². The minimum Gasteiger partial charge on any atom is -0.444 e. The Balaban J connectivity index is 1.38. The zero-order valence-corrected chi connectivity index (χ0v) is 13.0. The van der Waals surface area contributed by atoms with Crippen LogP contribution in [0.2, 0.25) is 0 Å². The van der Waals surface area contributed by atoms with Crippen molar-refractivity contribution in [2.75, 3.05) is 13.1 Å². The summed E-state index contributed by atoms with van der Waals surface area (Å²) in [6.45, 7) is 7.16. The summed E-state index contributed by atoms with van der Waals surface area (Å²) in [5.74, 6) is 2.94. The van der Waals surface area contributed by atoms with Crippen LogP contribution in [0.1, 0.15) is 52.9 Å². The molecule has 0 aromatic rings. The van der Waals surface area contributed by atoms with Gasteiger partial charge in [0.05, 0.1) is 0 Å². The van der Waals surface area contributed by atoms with Crippen molar-refractivity contribution >= 4 is 6.09 Å². The van der Waals surface area contributed by atoms with Crippen molar-refractivity contribution < 1.29 is 9.53 Å². The number of hydrogen-bond donors (Lipinski definition) is 2. The maximum absolute atomic E-state index is 11.6. The number of alkyl carbamates (subject to hydrolysis) is 1. The number of hydrogen-bond acceptors (Lipinski definition) is 3. The van der Waals surface area contributed by atoms with E-state index in [-0.39, 0.29) is 6.09 Å².